The van der Waals surface area contributed by atoms with Crippen molar-refractivity contribution < 1.29 is 28.7 Å². The number of piperidine rings is 1. The normalized spacial score (nSPS) is 22.4. The molecule has 3 aliphatic heterocycles. The van der Waals surface area contributed by atoms with Crippen LogP contribution in [0, 0.1) is 5.82 Å². The molecule has 4 amide bonds. The first-order valence-electron chi connectivity index (χ1n) is 17.2. The van der Waals surface area contributed by atoms with Crippen LogP contribution in [0.4, 0.5) is 10.1 Å². The third-order valence-corrected chi connectivity index (χ3v) is 10.8. The summed E-state index contributed by atoms with van der Waals surface area (Å²) < 4.78 is 15.8. The van der Waals surface area contributed by atoms with Crippen LogP contribution in [-0.2, 0) is 22.6 Å². The minimum atomic E-state index is -1.14. The topological polar surface area (TPSA) is 110 Å². The van der Waals surface area contributed by atoms with Gasteiger partial charge in [0.15, 0.2) is 0 Å². The number of nitrogens with zero attached hydrogens (tertiary/aromatic N) is 3. The van der Waals surface area contributed by atoms with E-state index < -0.39 is 35.5 Å². The number of aryl methyl sites for hydroxylation is 1. The molecule has 2 fully saturated rings. The van der Waals surface area contributed by atoms with Gasteiger partial charge < -0.3 is 10.0 Å². The van der Waals surface area contributed by atoms with Gasteiger partial charge in [-0.25, -0.2) is 4.39 Å². The zero-order valence-electron chi connectivity index (χ0n) is 27.5. The number of benzene rings is 4. The van der Waals surface area contributed by atoms with Crippen molar-refractivity contribution in [3.63, 3.8) is 0 Å². The Morgan fingerprint density at radius 2 is 1.54 bits per heavy atom. The minimum Gasteiger partial charge on any atom is -0.508 e. The van der Waals surface area contributed by atoms with Crippen molar-refractivity contribution in [2.45, 2.75) is 50.1 Å². The van der Waals surface area contributed by atoms with E-state index in [4.69, 9.17) is 0 Å². The number of fused-ring (bicyclic) bond motifs is 2. The van der Waals surface area contributed by atoms with Gasteiger partial charge in [-0.1, -0.05) is 54.6 Å². The highest BCUT2D eigenvalue weighted by atomic mass is 19.1. The molecule has 0 aromatic heterocycles. The highest BCUT2D eigenvalue weighted by Crippen LogP contribution is 2.47. The number of amides is 4. The Labute approximate surface area is 289 Å². The van der Waals surface area contributed by atoms with Crippen LogP contribution >= 0.6 is 0 Å². The Hall–Kier alpha value is -5.35. The summed E-state index contributed by atoms with van der Waals surface area (Å²) >= 11 is 0. The predicted octanol–water partition coefficient (Wildman–Crippen LogP) is 5.12. The molecule has 0 bridgehead atoms. The first-order chi connectivity index (χ1) is 24.3. The van der Waals surface area contributed by atoms with Gasteiger partial charge in [0.05, 0.1) is 11.1 Å². The number of carbonyl (C=O) groups is 4. The number of carbonyl (C=O) groups excluding carboxylic acids is 4. The van der Waals surface area contributed by atoms with Crippen LogP contribution < -0.4 is 10.2 Å². The standard InChI is InChI=1S/C40H37FN4O5/c41-37-27(9-14-32-36(37)40(50)45(39(32)49)33-16-17-34(47)42-38(33)48)23-43-18-20-44(21-19-43)28-10-6-25(7-11-28)35-30(24-4-2-1-3-5-24)13-8-26-22-29(46)12-15-31(26)35/h1-7,9-12,14-15,22,30,33,35,46H,8,13,16-21,23H2,(H,42,47,48)/t30-,33?,35+/m1/s1. The zero-order chi connectivity index (χ0) is 34.5. The Morgan fingerprint density at radius 1 is 0.780 bits per heavy atom. The number of phenols is 1. The van der Waals surface area contributed by atoms with Crippen LogP contribution in [0.5, 0.6) is 5.75 Å². The molecule has 50 heavy (non-hydrogen) atoms. The van der Waals surface area contributed by atoms with Gasteiger partial charge in [0.25, 0.3) is 11.8 Å². The summed E-state index contributed by atoms with van der Waals surface area (Å²) in [5, 5.41) is 12.3. The Morgan fingerprint density at radius 3 is 2.28 bits per heavy atom. The maximum atomic E-state index is 15.8. The van der Waals surface area contributed by atoms with E-state index in [2.05, 4.69) is 69.7 Å². The molecule has 4 aliphatic rings. The van der Waals surface area contributed by atoms with Gasteiger partial charge in [0.1, 0.15) is 17.6 Å². The minimum absolute atomic E-state index is 0.00353. The van der Waals surface area contributed by atoms with Crippen molar-refractivity contribution in [2.24, 2.45) is 0 Å². The van der Waals surface area contributed by atoms with Crippen LogP contribution in [0.2, 0.25) is 0 Å². The number of hydrogen-bond acceptors (Lipinski definition) is 7. The lowest BCUT2D eigenvalue weighted by Gasteiger charge is -2.37. The summed E-state index contributed by atoms with van der Waals surface area (Å²) in [5.41, 5.74) is 6.10. The molecule has 2 saturated heterocycles. The fourth-order valence-electron chi connectivity index (χ4n) is 8.26. The molecule has 2 N–H and O–H groups in total. The molecule has 0 saturated carbocycles. The molecule has 254 valence electrons. The number of imide groups is 2. The number of hydrogen-bond donors (Lipinski definition) is 2. The number of halogens is 1. The SMILES string of the molecule is O=C1CCC(N2C(=O)c3ccc(CN4CCN(c5ccc([C@@H]6c7ccc(O)cc7CC[C@@H]6c6ccccc6)cc5)CC4)c(F)c3C2=O)C(=O)N1. The Bertz CT molecular complexity index is 2010. The fourth-order valence-corrected chi connectivity index (χ4v) is 8.26. The molecule has 8 rings (SSSR count). The van der Waals surface area contributed by atoms with Crippen LogP contribution in [0.1, 0.15) is 79.6 Å². The maximum absolute atomic E-state index is 15.8. The van der Waals surface area contributed by atoms with Crippen LogP contribution in [0.3, 0.4) is 0 Å². The molecular weight excluding hydrogens is 635 g/mol. The highest BCUT2D eigenvalue weighted by Gasteiger charge is 2.46. The smallest absolute Gasteiger partial charge is 0.265 e. The van der Waals surface area contributed by atoms with Crippen LogP contribution in [0.25, 0.3) is 0 Å². The monoisotopic (exact) mass is 672 g/mol. The van der Waals surface area contributed by atoms with Gasteiger partial charge in [0.2, 0.25) is 11.8 Å². The van der Waals surface area contributed by atoms with Crippen molar-refractivity contribution in [1.82, 2.24) is 15.1 Å². The number of phenolic OH excluding ortho intramolecular Hbond substituents is 1. The van der Waals surface area contributed by atoms with E-state index in [9.17, 15) is 24.3 Å². The third-order valence-electron chi connectivity index (χ3n) is 10.8. The molecule has 4 aromatic rings. The van der Waals surface area contributed by atoms with Crippen LogP contribution in [0.15, 0.2) is 84.9 Å². The molecule has 3 heterocycles. The number of rotatable bonds is 6. The summed E-state index contributed by atoms with van der Waals surface area (Å²) in [5.74, 6) is -2.66. The first-order valence-corrected chi connectivity index (χ1v) is 17.2. The quantitative estimate of drug-likeness (QED) is 0.274. The number of piperazine rings is 1. The number of aromatic hydroxyl groups is 1. The van der Waals surface area contributed by atoms with Crippen molar-refractivity contribution in [3.8, 4) is 5.75 Å². The molecular formula is C40H37FN4O5. The van der Waals surface area contributed by atoms with E-state index in [1.54, 1.807) is 12.1 Å². The average molecular weight is 673 g/mol. The Kier molecular flexibility index (Phi) is 8.19. The van der Waals surface area contributed by atoms with E-state index >= 15 is 4.39 Å². The lowest BCUT2D eigenvalue weighted by Crippen LogP contribution is -2.54. The second-order valence-electron chi connectivity index (χ2n) is 13.7. The summed E-state index contributed by atoms with van der Waals surface area (Å²) in [6, 6.07) is 27.1. The summed E-state index contributed by atoms with van der Waals surface area (Å²) in [6.45, 7) is 3.13. The molecule has 1 unspecified atom stereocenters. The van der Waals surface area contributed by atoms with Crippen molar-refractivity contribution in [1.29, 1.82) is 0 Å². The molecule has 0 radical (unpaired) electrons. The van der Waals surface area contributed by atoms with Gasteiger partial charge in [-0.05, 0) is 77.8 Å². The number of nitrogens with one attached hydrogen (secondary N) is 1. The van der Waals surface area contributed by atoms with Gasteiger partial charge in [0, 0.05) is 56.3 Å². The highest BCUT2D eigenvalue weighted by molar-refractivity contribution is 6.23. The van der Waals surface area contributed by atoms with Crippen LogP contribution in [-0.4, -0.2) is 70.8 Å². The van der Waals surface area contributed by atoms with Crippen molar-refractivity contribution in [2.75, 3.05) is 31.1 Å². The Balaban J connectivity index is 0.947. The molecule has 4 aromatic carbocycles. The summed E-state index contributed by atoms with van der Waals surface area (Å²) in [7, 11) is 0. The zero-order valence-corrected chi connectivity index (χ0v) is 27.5. The van der Waals surface area contributed by atoms with E-state index in [0.29, 0.717) is 30.3 Å². The lowest BCUT2D eigenvalue weighted by atomic mass is 9.69. The lowest BCUT2D eigenvalue weighted by molar-refractivity contribution is -0.136. The number of anilines is 1. The van der Waals surface area contributed by atoms with E-state index in [1.807, 2.05) is 12.1 Å². The van der Waals surface area contributed by atoms with Gasteiger partial charge in [-0.2, -0.15) is 0 Å². The largest absolute Gasteiger partial charge is 0.508 e. The van der Waals surface area contributed by atoms with E-state index in [0.717, 1.165) is 36.5 Å². The third kappa shape index (κ3) is 5.63. The second-order valence-corrected chi connectivity index (χ2v) is 13.7. The molecule has 10 heteroatoms. The fraction of sp³-hybridized carbons (Fsp3) is 0.300. The van der Waals surface area contributed by atoms with Crippen molar-refractivity contribution in [3.05, 3.63) is 130 Å². The second kappa shape index (κ2) is 12.8. The van der Waals surface area contributed by atoms with Gasteiger partial charge in [-0.15, -0.1) is 0 Å². The molecule has 1 aliphatic carbocycles. The summed E-state index contributed by atoms with van der Waals surface area (Å²) in [6.07, 6.45) is 1.95. The summed E-state index contributed by atoms with van der Waals surface area (Å²) in [4.78, 5) is 55.6. The van der Waals surface area contributed by atoms with Gasteiger partial charge in [-0.3, -0.25) is 34.3 Å². The first kappa shape index (κ1) is 31.9. The van der Waals surface area contributed by atoms with Gasteiger partial charge >= 0.3 is 0 Å². The molecule has 9 nitrogen and oxygen atoms in total. The predicted molar refractivity (Wildman–Crippen MR) is 184 cm³/mol. The maximum Gasteiger partial charge on any atom is 0.265 e. The average Bonchev–Trinajstić information content (AvgIpc) is 3.38. The van der Waals surface area contributed by atoms with Crippen molar-refractivity contribution >= 4 is 29.3 Å². The molecule has 0 spiro atoms. The molecule has 3 atom stereocenters. The van der Waals surface area contributed by atoms with E-state index in [-0.39, 0.29) is 36.4 Å². The van der Waals surface area contributed by atoms with E-state index in [1.165, 1.54) is 28.3 Å².